The number of benzene rings is 1. The van der Waals surface area contributed by atoms with E-state index in [9.17, 15) is 14.5 Å². The number of nitro groups is 1. The van der Waals surface area contributed by atoms with Crippen molar-refractivity contribution in [2.75, 3.05) is 0 Å². The quantitative estimate of drug-likeness (QED) is 0.639. The number of rotatable bonds is 3. The fourth-order valence-corrected chi connectivity index (χ4v) is 1.50. The molecular weight excluding hydrogens is 300 g/mol. The molecule has 98 valence electrons. The van der Waals surface area contributed by atoms with Crippen molar-refractivity contribution < 1.29 is 14.1 Å². The van der Waals surface area contributed by atoms with Gasteiger partial charge in [0.05, 0.1) is 16.0 Å². The number of nitro benzene ring substituents is 1. The van der Waals surface area contributed by atoms with Crippen LogP contribution < -0.4 is 4.74 Å². The van der Waals surface area contributed by atoms with Crippen LogP contribution in [0.15, 0.2) is 24.3 Å². The van der Waals surface area contributed by atoms with E-state index in [4.69, 9.17) is 27.9 Å². The fourth-order valence-electron chi connectivity index (χ4n) is 1.21. The summed E-state index contributed by atoms with van der Waals surface area (Å²) in [5.74, 6) is -1.14. The van der Waals surface area contributed by atoms with Crippen molar-refractivity contribution in [3.8, 4) is 11.6 Å². The Hall–Kier alpha value is -1.99. The molecule has 0 unspecified atom stereocenters. The first kappa shape index (κ1) is 13.4. The molecule has 1 aromatic heterocycles. The van der Waals surface area contributed by atoms with Crippen LogP contribution in [-0.4, -0.2) is 15.1 Å². The lowest BCUT2D eigenvalue weighted by atomic mass is 10.3. The van der Waals surface area contributed by atoms with Gasteiger partial charge in [0.1, 0.15) is 0 Å². The van der Waals surface area contributed by atoms with Crippen LogP contribution in [-0.2, 0) is 0 Å². The first-order valence-corrected chi connectivity index (χ1v) is 5.53. The molecule has 1 aromatic carbocycles. The highest BCUT2D eigenvalue weighted by Crippen LogP contribution is 2.34. The smallest absolute Gasteiger partial charge is 0.308 e. The van der Waals surface area contributed by atoms with E-state index in [-0.39, 0.29) is 21.8 Å². The van der Waals surface area contributed by atoms with Gasteiger partial charge in [-0.25, -0.2) is 0 Å². The maximum atomic E-state index is 13.2. The molecule has 0 saturated heterocycles. The summed E-state index contributed by atoms with van der Waals surface area (Å²) in [5.41, 5.74) is -0.749. The number of aromatic nitrogens is 2. The van der Waals surface area contributed by atoms with Crippen LogP contribution in [0.4, 0.5) is 10.1 Å². The lowest BCUT2D eigenvalue weighted by Crippen LogP contribution is -1.96. The van der Waals surface area contributed by atoms with E-state index in [2.05, 4.69) is 10.2 Å². The molecule has 2 rings (SSSR count). The van der Waals surface area contributed by atoms with Gasteiger partial charge in [-0.15, -0.1) is 10.2 Å². The molecule has 0 aliphatic heterocycles. The Bertz CT molecular complexity index is 637. The Morgan fingerprint density at radius 3 is 2.58 bits per heavy atom. The third-order valence-electron chi connectivity index (χ3n) is 2.02. The minimum absolute atomic E-state index is 0.0206. The van der Waals surface area contributed by atoms with Gasteiger partial charge in [-0.05, 0) is 6.07 Å². The second-order valence-corrected chi connectivity index (χ2v) is 4.08. The molecule has 0 N–H and O–H groups in total. The monoisotopic (exact) mass is 303 g/mol. The average molecular weight is 304 g/mol. The number of hydrogen-bond donors (Lipinski definition) is 0. The van der Waals surface area contributed by atoms with Crippen molar-refractivity contribution >= 4 is 28.9 Å². The fraction of sp³-hybridized carbons (Fsp3) is 0. The van der Waals surface area contributed by atoms with Crippen molar-refractivity contribution in [3.05, 3.63) is 50.4 Å². The van der Waals surface area contributed by atoms with Gasteiger partial charge >= 0.3 is 5.69 Å². The van der Waals surface area contributed by atoms with Crippen molar-refractivity contribution in [2.24, 2.45) is 0 Å². The molecule has 0 amide bonds. The third kappa shape index (κ3) is 3.07. The van der Waals surface area contributed by atoms with Gasteiger partial charge < -0.3 is 4.74 Å². The maximum absolute atomic E-state index is 13.2. The van der Waals surface area contributed by atoms with Crippen molar-refractivity contribution in [1.29, 1.82) is 0 Å². The maximum Gasteiger partial charge on any atom is 0.308 e. The Morgan fingerprint density at radius 2 is 2.00 bits per heavy atom. The van der Waals surface area contributed by atoms with E-state index < -0.39 is 16.4 Å². The highest BCUT2D eigenvalue weighted by Gasteiger charge is 2.19. The molecule has 19 heavy (non-hydrogen) atoms. The zero-order valence-corrected chi connectivity index (χ0v) is 10.5. The molecule has 0 radical (unpaired) electrons. The van der Waals surface area contributed by atoms with Crippen LogP contribution in [0.5, 0.6) is 11.6 Å². The summed E-state index contributed by atoms with van der Waals surface area (Å²) in [6.45, 7) is 0. The molecule has 2 aromatic rings. The molecule has 0 aliphatic carbocycles. The van der Waals surface area contributed by atoms with Crippen molar-refractivity contribution in [2.45, 2.75) is 0 Å². The second-order valence-electron chi connectivity index (χ2n) is 3.29. The van der Waals surface area contributed by atoms with Crippen LogP contribution >= 0.6 is 23.2 Å². The largest absolute Gasteiger partial charge is 0.436 e. The van der Waals surface area contributed by atoms with Crippen LogP contribution in [0, 0.1) is 15.9 Å². The van der Waals surface area contributed by atoms with Gasteiger partial charge in [0.25, 0.3) is 0 Å². The lowest BCUT2D eigenvalue weighted by molar-refractivity contribution is -0.387. The molecular formula is C10H4Cl2FN3O3. The molecule has 0 aliphatic rings. The van der Waals surface area contributed by atoms with E-state index in [1.165, 1.54) is 12.1 Å². The molecule has 0 bridgehead atoms. The van der Waals surface area contributed by atoms with Gasteiger partial charge in [0, 0.05) is 12.1 Å². The number of hydrogen-bond acceptors (Lipinski definition) is 5. The highest BCUT2D eigenvalue weighted by molar-refractivity contribution is 6.32. The van der Waals surface area contributed by atoms with Crippen LogP contribution in [0.3, 0.4) is 0 Å². The highest BCUT2D eigenvalue weighted by atomic mass is 35.5. The zero-order valence-electron chi connectivity index (χ0n) is 9.01. The number of nitrogens with zero attached hydrogens (tertiary/aromatic N) is 3. The molecule has 0 spiro atoms. The van der Waals surface area contributed by atoms with Gasteiger partial charge in [0.2, 0.25) is 11.7 Å². The zero-order chi connectivity index (χ0) is 14.0. The molecule has 0 saturated carbocycles. The SMILES string of the molecule is O=[N+]([O-])c1cc(Oc2ccc(Cl)nn2)c(Cl)cc1F. The summed E-state index contributed by atoms with van der Waals surface area (Å²) < 4.78 is 18.4. The molecule has 9 heteroatoms. The van der Waals surface area contributed by atoms with Gasteiger partial charge in [-0.1, -0.05) is 23.2 Å². The van der Waals surface area contributed by atoms with Gasteiger partial charge in [0.15, 0.2) is 10.9 Å². The van der Waals surface area contributed by atoms with E-state index in [0.717, 1.165) is 12.1 Å². The minimum Gasteiger partial charge on any atom is -0.436 e. The summed E-state index contributed by atoms with van der Waals surface area (Å²) in [4.78, 5) is 9.72. The number of ether oxygens (including phenoxy) is 1. The topological polar surface area (TPSA) is 78.2 Å². The van der Waals surface area contributed by atoms with Crippen LogP contribution in [0.25, 0.3) is 0 Å². The van der Waals surface area contributed by atoms with Gasteiger partial charge in [-0.2, -0.15) is 4.39 Å². The second kappa shape index (κ2) is 5.33. The summed E-state index contributed by atoms with van der Waals surface area (Å²) in [7, 11) is 0. The Labute approximate surface area is 115 Å². The molecule has 0 fully saturated rings. The average Bonchev–Trinajstić information content (AvgIpc) is 2.34. The Morgan fingerprint density at radius 1 is 1.26 bits per heavy atom. The molecule has 1 heterocycles. The van der Waals surface area contributed by atoms with Crippen molar-refractivity contribution in [1.82, 2.24) is 10.2 Å². The summed E-state index contributed by atoms with van der Waals surface area (Å²) in [5, 5.41) is 17.7. The first-order chi connectivity index (χ1) is 8.97. The molecule has 0 atom stereocenters. The van der Waals surface area contributed by atoms with Crippen molar-refractivity contribution in [3.63, 3.8) is 0 Å². The first-order valence-electron chi connectivity index (χ1n) is 4.78. The Balaban J connectivity index is 2.37. The van der Waals surface area contributed by atoms with Gasteiger partial charge in [-0.3, -0.25) is 10.1 Å². The Kier molecular flexibility index (Phi) is 3.77. The minimum atomic E-state index is -1.05. The summed E-state index contributed by atoms with van der Waals surface area (Å²) in [6.07, 6.45) is 0. The van der Waals surface area contributed by atoms with E-state index in [1.807, 2.05) is 0 Å². The van der Waals surface area contributed by atoms with Crippen LogP contribution in [0.1, 0.15) is 0 Å². The standard InChI is InChI=1S/C10H4Cl2FN3O3/c11-5-3-6(13)7(16(17)18)4-8(5)19-10-2-1-9(12)14-15-10/h1-4H. The summed E-state index contributed by atoms with van der Waals surface area (Å²) in [6, 6.07) is 4.46. The lowest BCUT2D eigenvalue weighted by Gasteiger charge is -2.06. The van der Waals surface area contributed by atoms with E-state index >= 15 is 0 Å². The van der Waals surface area contributed by atoms with Crippen LogP contribution in [0.2, 0.25) is 10.2 Å². The van der Waals surface area contributed by atoms with E-state index in [0.29, 0.717) is 0 Å². The molecule has 6 nitrogen and oxygen atoms in total. The predicted octanol–water partition coefficient (Wildman–Crippen LogP) is 3.62. The third-order valence-corrected chi connectivity index (χ3v) is 2.52. The summed E-state index contributed by atoms with van der Waals surface area (Å²) >= 11 is 11.3. The van der Waals surface area contributed by atoms with E-state index in [1.54, 1.807) is 0 Å². The normalized spacial score (nSPS) is 10.3. The number of halogens is 3. The predicted molar refractivity (Wildman–Crippen MR) is 65.2 cm³/mol.